The number of nitrogens with zero attached hydrogens (tertiary/aromatic N) is 6. The molecule has 0 aliphatic rings. The highest BCUT2D eigenvalue weighted by atomic mass is 19.1. The Morgan fingerprint density at radius 2 is 1.68 bits per heavy atom. The van der Waals surface area contributed by atoms with Crippen LogP contribution in [0.5, 0.6) is 0 Å². The van der Waals surface area contributed by atoms with Crippen LogP contribution in [0.1, 0.15) is 45.1 Å². The van der Waals surface area contributed by atoms with Gasteiger partial charge in [-0.15, -0.1) is 5.10 Å². The van der Waals surface area contributed by atoms with Crippen LogP contribution >= 0.6 is 0 Å². The Kier molecular flexibility index (Phi) is 6.62. The van der Waals surface area contributed by atoms with E-state index >= 15 is 0 Å². The third-order valence-electron chi connectivity index (χ3n) is 5.14. The Balaban J connectivity index is 1.38. The summed E-state index contributed by atoms with van der Waals surface area (Å²) in [6, 6.07) is 14.3. The van der Waals surface area contributed by atoms with Crippen molar-refractivity contribution in [1.29, 1.82) is 0 Å². The predicted molar refractivity (Wildman–Crippen MR) is 120 cm³/mol. The van der Waals surface area contributed by atoms with Gasteiger partial charge in [-0.05, 0) is 40.6 Å². The second-order valence-electron chi connectivity index (χ2n) is 7.54. The van der Waals surface area contributed by atoms with Gasteiger partial charge in [-0.3, -0.25) is 9.59 Å². The number of rotatable bonds is 7. The standard InChI is InChI=1S/C23H21FN8O2/c1-14(16-5-7-17(8-6-16)21-29-30-31-32(21)2)28-23(34)20-11-19(26-13-27-20)22(33)25-12-15-3-9-18(24)10-4-15/h3-11,13-14H,12H2,1-2H3,(H,25,33)(H,28,34)/t14-/m0/s1. The van der Waals surface area contributed by atoms with Gasteiger partial charge in [-0.1, -0.05) is 36.4 Å². The van der Waals surface area contributed by atoms with Crippen molar-refractivity contribution in [2.24, 2.45) is 7.05 Å². The molecule has 0 unspecified atom stereocenters. The van der Waals surface area contributed by atoms with E-state index in [2.05, 4.69) is 36.1 Å². The molecule has 2 aromatic heterocycles. The van der Waals surface area contributed by atoms with Crippen molar-refractivity contribution in [2.75, 3.05) is 0 Å². The summed E-state index contributed by atoms with van der Waals surface area (Å²) in [6.07, 6.45) is 1.16. The van der Waals surface area contributed by atoms with E-state index in [9.17, 15) is 14.0 Å². The van der Waals surface area contributed by atoms with Gasteiger partial charge in [-0.25, -0.2) is 19.0 Å². The molecule has 2 amide bonds. The van der Waals surface area contributed by atoms with E-state index in [1.54, 1.807) is 23.9 Å². The van der Waals surface area contributed by atoms with E-state index in [1.807, 2.05) is 31.2 Å². The monoisotopic (exact) mass is 460 g/mol. The molecule has 0 fully saturated rings. The number of carbonyl (C=O) groups is 2. The van der Waals surface area contributed by atoms with E-state index in [4.69, 9.17) is 0 Å². The van der Waals surface area contributed by atoms with Crippen molar-refractivity contribution >= 4 is 11.8 Å². The zero-order valence-electron chi connectivity index (χ0n) is 18.4. The molecule has 0 aliphatic heterocycles. The second kappa shape index (κ2) is 9.94. The summed E-state index contributed by atoms with van der Waals surface area (Å²) in [7, 11) is 1.76. The van der Waals surface area contributed by atoms with Crippen molar-refractivity contribution in [3.05, 3.63) is 89.3 Å². The maximum atomic E-state index is 13.0. The Morgan fingerprint density at radius 1 is 1.00 bits per heavy atom. The smallest absolute Gasteiger partial charge is 0.270 e. The molecule has 10 nitrogen and oxygen atoms in total. The number of aryl methyl sites for hydroxylation is 1. The molecule has 172 valence electrons. The van der Waals surface area contributed by atoms with Gasteiger partial charge in [-0.2, -0.15) is 0 Å². The number of halogens is 1. The van der Waals surface area contributed by atoms with Crippen LogP contribution in [0.3, 0.4) is 0 Å². The highest BCUT2D eigenvalue weighted by Gasteiger charge is 2.16. The fraction of sp³-hybridized carbons (Fsp3) is 0.174. The summed E-state index contributed by atoms with van der Waals surface area (Å²) in [5, 5.41) is 17.0. The number of benzene rings is 2. The summed E-state index contributed by atoms with van der Waals surface area (Å²) in [4.78, 5) is 33.1. The van der Waals surface area contributed by atoms with Crippen LogP contribution in [0.25, 0.3) is 11.4 Å². The summed E-state index contributed by atoms with van der Waals surface area (Å²) < 4.78 is 14.6. The predicted octanol–water partition coefficient (Wildman–Crippen LogP) is 2.23. The van der Waals surface area contributed by atoms with Crippen LogP contribution in [0.15, 0.2) is 60.9 Å². The lowest BCUT2D eigenvalue weighted by atomic mass is 10.1. The summed E-state index contributed by atoms with van der Waals surface area (Å²) >= 11 is 0. The average Bonchev–Trinajstić information content (AvgIpc) is 3.29. The molecule has 0 spiro atoms. The lowest BCUT2D eigenvalue weighted by Gasteiger charge is -2.14. The second-order valence-corrected chi connectivity index (χ2v) is 7.54. The van der Waals surface area contributed by atoms with Gasteiger partial charge in [0, 0.05) is 25.2 Å². The lowest BCUT2D eigenvalue weighted by Crippen LogP contribution is -2.29. The first-order chi connectivity index (χ1) is 16.4. The van der Waals surface area contributed by atoms with Crippen molar-refractivity contribution in [3.8, 4) is 11.4 Å². The van der Waals surface area contributed by atoms with Crippen molar-refractivity contribution < 1.29 is 14.0 Å². The van der Waals surface area contributed by atoms with E-state index in [0.29, 0.717) is 5.82 Å². The van der Waals surface area contributed by atoms with Crippen molar-refractivity contribution in [2.45, 2.75) is 19.5 Å². The molecule has 11 heteroatoms. The number of nitrogens with one attached hydrogen (secondary N) is 2. The summed E-state index contributed by atoms with van der Waals surface area (Å²) in [5.41, 5.74) is 2.57. The molecule has 0 saturated carbocycles. The van der Waals surface area contributed by atoms with Crippen LogP contribution in [0, 0.1) is 5.82 Å². The Morgan fingerprint density at radius 3 is 2.32 bits per heavy atom. The van der Waals surface area contributed by atoms with Crippen LogP contribution in [-0.2, 0) is 13.6 Å². The number of hydrogen-bond acceptors (Lipinski definition) is 7. The molecule has 0 saturated heterocycles. The number of aromatic nitrogens is 6. The van der Waals surface area contributed by atoms with Crippen LogP contribution in [0.4, 0.5) is 4.39 Å². The van der Waals surface area contributed by atoms with Crippen LogP contribution < -0.4 is 10.6 Å². The minimum Gasteiger partial charge on any atom is -0.347 e. The van der Waals surface area contributed by atoms with Crippen LogP contribution in [0.2, 0.25) is 0 Å². The summed E-state index contributed by atoms with van der Waals surface area (Å²) in [6.45, 7) is 2.04. The summed E-state index contributed by atoms with van der Waals surface area (Å²) in [5.74, 6) is -0.629. The fourth-order valence-corrected chi connectivity index (χ4v) is 3.23. The molecule has 4 aromatic rings. The van der Waals surface area contributed by atoms with Gasteiger partial charge in [0.25, 0.3) is 11.8 Å². The van der Waals surface area contributed by atoms with E-state index < -0.39 is 11.8 Å². The molecule has 1 atom stereocenters. The Hall–Kier alpha value is -4.54. The van der Waals surface area contributed by atoms with Gasteiger partial charge >= 0.3 is 0 Å². The minimum absolute atomic E-state index is 0.0524. The third kappa shape index (κ3) is 5.26. The first kappa shape index (κ1) is 22.6. The first-order valence-electron chi connectivity index (χ1n) is 10.4. The maximum Gasteiger partial charge on any atom is 0.270 e. The normalized spacial score (nSPS) is 11.6. The molecule has 0 bridgehead atoms. The highest BCUT2D eigenvalue weighted by Crippen LogP contribution is 2.19. The highest BCUT2D eigenvalue weighted by molar-refractivity contribution is 5.97. The molecule has 2 N–H and O–H groups in total. The van der Waals surface area contributed by atoms with E-state index in [0.717, 1.165) is 23.0 Å². The quantitative estimate of drug-likeness (QED) is 0.433. The van der Waals surface area contributed by atoms with Crippen molar-refractivity contribution in [3.63, 3.8) is 0 Å². The molecular formula is C23H21FN8O2. The first-order valence-corrected chi connectivity index (χ1v) is 10.4. The Bertz CT molecular complexity index is 1310. The van der Waals surface area contributed by atoms with Gasteiger partial charge in [0.1, 0.15) is 23.5 Å². The molecule has 2 heterocycles. The van der Waals surface area contributed by atoms with Crippen molar-refractivity contribution in [1.82, 2.24) is 40.8 Å². The topological polar surface area (TPSA) is 128 Å². The zero-order chi connectivity index (χ0) is 24.1. The fourth-order valence-electron chi connectivity index (χ4n) is 3.23. The molecule has 0 aliphatic carbocycles. The minimum atomic E-state index is -0.470. The third-order valence-corrected chi connectivity index (χ3v) is 5.14. The maximum absolute atomic E-state index is 13.0. The molecular weight excluding hydrogens is 439 g/mol. The van der Waals surface area contributed by atoms with Crippen LogP contribution in [-0.4, -0.2) is 42.0 Å². The largest absolute Gasteiger partial charge is 0.347 e. The zero-order valence-corrected chi connectivity index (χ0v) is 18.4. The molecule has 4 rings (SSSR count). The Labute approximate surface area is 194 Å². The van der Waals surface area contributed by atoms with Gasteiger partial charge in [0.15, 0.2) is 5.82 Å². The number of amides is 2. The van der Waals surface area contributed by atoms with Gasteiger partial charge < -0.3 is 10.6 Å². The van der Waals surface area contributed by atoms with Gasteiger partial charge in [0.2, 0.25) is 0 Å². The molecule has 2 aromatic carbocycles. The molecule has 0 radical (unpaired) electrons. The average molecular weight is 460 g/mol. The lowest BCUT2D eigenvalue weighted by molar-refractivity contribution is 0.0934. The van der Waals surface area contributed by atoms with E-state index in [1.165, 1.54) is 18.2 Å². The SMILES string of the molecule is C[C@H](NC(=O)c1cc(C(=O)NCc2ccc(F)cc2)ncn1)c1ccc(-c2nnnn2C)cc1. The molecule has 34 heavy (non-hydrogen) atoms. The number of carbonyl (C=O) groups excluding carboxylic acids is 2. The van der Waals surface area contributed by atoms with Gasteiger partial charge in [0.05, 0.1) is 6.04 Å². The van der Waals surface area contributed by atoms with E-state index in [-0.39, 0.29) is 29.8 Å². The number of tetrazole rings is 1. The number of hydrogen-bond donors (Lipinski definition) is 2.